The molecular weight excluding hydrogens is 178 g/mol. The number of aromatic nitrogens is 2. The topological polar surface area (TPSA) is 67.8 Å². The second-order valence-electron chi connectivity index (χ2n) is 3.84. The Morgan fingerprint density at radius 2 is 2.29 bits per heavy atom. The summed E-state index contributed by atoms with van der Waals surface area (Å²) in [5.41, 5.74) is 6.30. The molecule has 0 aliphatic rings. The summed E-state index contributed by atoms with van der Waals surface area (Å²) in [6.45, 7) is 3.80. The molecule has 0 aromatic carbocycles. The van der Waals surface area contributed by atoms with Crippen LogP contribution in [0.4, 0.5) is 0 Å². The molecule has 2 aromatic rings. The van der Waals surface area contributed by atoms with Crippen molar-refractivity contribution in [1.82, 2.24) is 9.97 Å². The van der Waals surface area contributed by atoms with Gasteiger partial charge in [-0.05, 0) is 26.0 Å². The predicted octanol–water partition coefficient (Wildman–Crippen LogP) is 1.86. The number of furan rings is 1. The van der Waals surface area contributed by atoms with Crippen LogP contribution in [-0.4, -0.2) is 9.97 Å². The Labute approximate surface area is 82.1 Å². The molecule has 14 heavy (non-hydrogen) atoms. The van der Waals surface area contributed by atoms with Gasteiger partial charge in [-0.25, -0.2) is 4.98 Å². The van der Waals surface area contributed by atoms with Gasteiger partial charge in [-0.2, -0.15) is 0 Å². The molecule has 2 heterocycles. The molecule has 0 aliphatic carbocycles. The summed E-state index contributed by atoms with van der Waals surface area (Å²) < 4.78 is 5.23. The van der Waals surface area contributed by atoms with Gasteiger partial charge in [-0.3, -0.25) is 0 Å². The van der Waals surface area contributed by atoms with Gasteiger partial charge < -0.3 is 15.1 Å². The van der Waals surface area contributed by atoms with Gasteiger partial charge in [0.25, 0.3) is 0 Å². The lowest BCUT2D eigenvalue weighted by molar-refractivity contribution is 0.519. The van der Waals surface area contributed by atoms with E-state index in [0.717, 1.165) is 17.3 Å². The molecule has 2 rings (SSSR count). The summed E-state index contributed by atoms with van der Waals surface area (Å²) in [5, 5.41) is 0. The van der Waals surface area contributed by atoms with Crippen LogP contribution in [0.5, 0.6) is 0 Å². The molecule has 74 valence electrons. The van der Waals surface area contributed by atoms with E-state index in [9.17, 15) is 0 Å². The van der Waals surface area contributed by atoms with Crippen molar-refractivity contribution < 1.29 is 4.42 Å². The van der Waals surface area contributed by atoms with Gasteiger partial charge in [0.1, 0.15) is 11.5 Å². The van der Waals surface area contributed by atoms with Gasteiger partial charge in [0.15, 0.2) is 5.76 Å². The van der Waals surface area contributed by atoms with E-state index in [-0.39, 0.29) is 0 Å². The fourth-order valence-corrected chi connectivity index (χ4v) is 1.21. The van der Waals surface area contributed by atoms with E-state index in [1.807, 2.05) is 26.0 Å². The van der Waals surface area contributed by atoms with Gasteiger partial charge in [0.05, 0.1) is 18.0 Å². The van der Waals surface area contributed by atoms with Gasteiger partial charge in [-0.1, -0.05) is 0 Å². The number of hydrogen-bond acceptors (Lipinski definition) is 3. The highest BCUT2D eigenvalue weighted by atomic mass is 16.3. The Kier molecular flexibility index (Phi) is 1.93. The molecule has 3 N–H and O–H groups in total. The Morgan fingerprint density at radius 3 is 2.79 bits per heavy atom. The SMILES string of the molecule is CC(C)(N)c1ncc(-c2ccco2)[nH]1. The lowest BCUT2D eigenvalue weighted by atomic mass is 10.1. The van der Waals surface area contributed by atoms with Gasteiger partial charge in [0, 0.05) is 0 Å². The molecular formula is C10H13N3O. The largest absolute Gasteiger partial charge is 0.463 e. The average molecular weight is 191 g/mol. The smallest absolute Gasteiger partial charge is 0.151 e. The fourth-order valence-electron chi connectivity index (χ4n) is 1.21. The molecule has 0 aliphatic heterocycles. The molecule has 0 unspecified atom stereocenters. The number of imidazole rings is 1. The van der Waals surface area contributed by atoms with E-state index in [4.69, 9.17) is 10.2 Å². The number of nitrogens with one attached hydrogen (secondary N) is 1. The van der Waals surface area contributed by atoms with Crippen LogP contribution in [0.15, 0.2) is 29.0 Å². The molecule has 0 spiro atoms. The first-order chi connectivity index (χ1) is 6.57. The molecule has 0 bridgehead atoms. The minimum atomic E-state index is -0.454. The molecule has 0 saturated heterocycles. The third kappa shape index (κ3) is 1.56. The monoisotopic (exact) mass is 191 g/mol. The summed E-state index contributed by atoms with van der Waals surface area (Å²) in [6.07, 6.45) is 3.35. The zero-order valence-corrected chi connectivity index (χ0v) is 8.24. The van der Waals surface area contributed by atoms with Crippen molar-refractivity contribution in [3.63, 3.8) is 0 Å². The maximum atomic E-state index is 5.90. The fraction of sp³-hybridized carbons (Fsp3) is 0.300. The third-order valence-electron chi connectivity index (χ3n) is 1.97. The number of nitrogens with zero attached hydrogens (tertiary/aromatic N) is 1. The zero-order valence-electron chi connectivity index (χ0n) is 8.24. The van der Waals surface area contributed by atoms with Crippen LogP contribution in [0.3, 0.4) is 0 Å². The molecule has 0 saturated carbocycles. The summed E-state index contributed by atoms with van der Waals surface area (Å²) in [6, 6.07) is 3.71. The van der Waals surface area contributed by atoms with Crippen LogP contribution >= 0.6 is 0 Å². The maximum absolute atomic E-state index is 5.90. The number of rotatable bonds is 2. The van der Waals surface area contributed by atoms with Crippen LogP contribution in [0.1, 0.15) is 19.7 Å². The maximum Gasteiger partial charge on any atom is 0.151 e. The van der Waals surface area contributed by atoms with Crippen LogP contribution in [-0.2, 0) is 5.54 Å². The highest BCUT2D eigenvalue weighted by Crippen LogP contribution is 2.20. The van der Waals surface area contributed by atoms with Crippen molar-refractivity contribution in [2.24, 2.45) is 5.73 Å². The summed E-state index contributed by atoms with van der Waals surface area (Å²) >= 11 is 0. The molecule has 0 radical (unpaired) electrons. The van der Waals surface area contributed by atoms with E-state index in [2.05, 4.69) is 9.97 Å². The van der Waals surface area contributed by atoms with Crippen molar-refractivity contribution in [3.05, 3.63) is 30.4 Å². The zero-order chi connectivity index (χ0) is 10.2. The highest BCUT2D eigenvalue weighted by molar-refractivity contribution is 5.50. The molecule has 4 nitrogen and oxygen atoms in total. The molecule has 0 fully saturated rings. The van der Waals surface area contributed by atoms with E-state index >= 15 is 0 Å². The van der Waals surface area contributed by atoms with Crippen LogP contribution in [0.25, 0.3) is 11.5 Å². The summed E-state index contributed by atoms with van der Waals surface area (Å²) in [7, 11) is 0. The van der Waals surface area contributed by atoms with Gasteiger partial charge in [0.2, 0.25) is 0 Å². The van der Waals surface area contributed by atoms with E-state index < -0.39 is 5.54 Å². The van der Waals surface area contributed by atoms with E-state index in [1.54, 1.807) is 12.5 Å². The van der Waals surface area contributed by atoms with Crippen LogP contribution < -0.4 is 5.73 Å². The first-order valence-corrected chi connectivity index (χ1v) is 4.45. The second-order valence-corrected chi connectivity index (χ2v) is 3.84. The standard InChI is InChI=1S/C10H13N3O/c1-10(2,11)9-12-6-7(13-9)8-4-3-5-14-8/h3-6H,11H2,1-2H3,(H,12,13). The first kappa shape index (κ1) is 9.02. The van der Waals surface area contributed by atoms with Crippen molar-refractivity contribution >= 4 is 0 Å². The number of aromatic amines is 1. The Hall–Kier alpha value is -1.55. The third-order valence-corrected chi connectivity index (χ3v) is 1.97. The van der Waals surface area contributed by atoms with Crippen LogP contribution in [0, 0.1) is 0 Å². The van der Waals surface area contributed by atoms with Gasteiger partial charge >= 0.3 is 0 Å². The lowest BCUT2D eigenvalue weighted by Crippen LogP contribution is -2.30. The number of hydrogen-bond donors (Lipinski definition) is 2. The normalized spacial score (nSPS) is 11.9. The predicted molar refractivity (Wildman–Crippen MR) is 53.5 cm³/mol. The molecule has 2 aromatic heterocycles. The highest BCUT2D eigenvalue weighted by Gasteiger charge is 2.18. The first-order valence-electron chi connectivity index (χ1n) is 4.45. The Morgan fingerprint density at radius 1 is 1.50 bits per heavy atom. The quantitative estimate of drug-likeness (QED) is 0.761. The minimum Gasteiger partial charge on any atom is -0.463 e. The molecule has 0 amide bonds. The van der Waals surface area contributed by atoms with Crippen LogP contribution in [0.2, 0.25) is 0 Å². The summed E-state index contributed by atoms with van der Waals surface area (Å²) in [5.74, 6) is 1.52. The van der Waals surface area contributed by atoms with Gasteiger partial charge in [-0.15, -0.1) is 0 Å². The van der Waals surface area contributed by atoms with Crippen molar-refractivity contribution in [3.8, 4) is 11.5 Å². The van der Waals surface area contributed by atoms with Crippen molar-refractivity contribution in [2.45, 2.75) is 19.4 Å². The Bertz CT molecular complexity index is 409. The number of H-pyrrole nitrogens is 1. The minimum absolute atomic E-state index is 0.454. The average Bonchev–Trinajstić information content (AvgIpc) is 2.73. The summed E-state index contributed by atoms with van der Waals surface area (Å²) in [4.78, 5) is 7.33. The van der Waals surface area contributed by atoms with E-state index in [1.165, 1.54) is 0 Å². The molecule has 0 atom stereocenters. The number of nitrogens with two attached hydrogens (primary N) is 1. The Balaban J connectivity index is 2.36. The lowest BCUT2D eigenvalue weighted by Gasteiger charge is -2.14. The van der Waals surface area contributed by atoms with Crippen molar-refractivity contribution in [1.29, 1.82) is 0 Å². The molecule has 4 heteroatoms. The van der Waals surface area contributed by atoms with Crippen molar-refractivity contribution in [2.75, 3.05) is 0 Å². The second kappa shape index (κ2) is 2.99. The van der Waals surface area contributed by atoms with E-state index in [0.29, 0.717) is 0 Å².